The summed E-state index contributed by atoms with van der Waals surface area (Å²) in [5.74, 6) is 0. The third kappa shape index (κ3) is 4.73. The second kappa shape index (κ2) is 9.77. The van der Waals surface area contributed by atoms with Gasteiger partial charge in [-0.05, 0) is 16.5 Å². The molecule has 0 aromatic heterocycles. The molecule has 0 fully saturated rings. The van der Waals surface area contributed by atoms with E-state index in [-0.39, 0.29) is 29.6 Å². The first-order chi connectivity index (χ1) is 9.37. The molecule has 4 heteroatoms. The Morgan fingerprint density at radius 2 is 0.545 bits per heavy atom. The van der Waals surface area contributed by atoms with Crippen LogP contribution in [-0.4, -0.2) is 16.5 Å². The number of rotatable bonds is 8. The third-order valence-electron chi connectivity index (χ3n) is 5.94. The molecule has 0 aliphatic rings. The monoisotopic (exact) mass is 351 g/mol. The molecule has 0 bridgehead atoms. The Bertz CT molecular complexity index is 239. The van der Waals surface area contributed by atoms with E-state index in [2.05, 4.69) is 83.1 Å². The van der Waals surface area contributed by atoms with Gasteiger partial charge >= 0.3 is 29.6 Å². The van der Waals surface area contributed by atoms with Crippen LogP contribution in [0, 0.1) is 0 Å². The summed E-state index contributed by atoms with van der Waals surface area (Å²) >= 11 is 0. The smallest absolute Gasteiger partial charge is 0.665 e. The van der Waals surface area contributed by atoms with E-state index in [1.807, 2.05) is 0 Å². The van der Waals surface area contributed by atoms with E-state index in [1.54, 1.807) is 0 Å². The number of hydrogen-bond acceptors (Lipinski definition) is 0. The maximum Gasteiger partial charge on any atom is 1.00 e. The van der Waals surface area contributed by atoms with Crippen molar-refractivity contribution in [1.82, 2.24) is 0 Å². The zero-order valence-corrected chi connectivity index (χ0v) is 21.9. The van der Waals surface area contributed by atoms with Crippen LogP contribution in [0.15, 0.2) is 0 Å². The van der Waals surface area contributed by atoms with Gasteiger partial charge in [0.25, 0.3) is 0 Å². The SMILES string of the molecule is CC(C)[Si]([N-][Si](C(C)C)(C(C)C)C(C)C)(C(C)C)C(C)C.[Na+]. The van der Waals surface area contributed by atoms with Crippen molar-refractivity contribution in [3.63, 3.8) is 0 Å². The molecule has 0 saturated heterocycles. The van der Waals surface area contributed by atoms with Gasteiger partial charge in [0.15, 0.2) is 0 Å². The summed E-state index contributed by atoms with van der Waals surface area (Å²) in [5, 5.41) is 0. The molecule has 1 nitrogen and oxygen atoms in total. The third-order valence-corrected chi connectivity index (χ3v) is 20.1. The van der Waals surface area contributed by atoms with Gasteiger partial charge in [-0.2, -0.15) is 0 Å². The van der Waals surface area contributed by atoms with E-state index < -0.39 is 16.5 Å². The summed E-state index contributed by atoms with van der Waals surface area (Å²) < 4.78 is 6.01. The quantitative estimate of drug-likeness (QED) is 0.562. The minimum absolute atomic E-state index is 0. The van der Waals surface area contributed by atoms with Crippen LogP contribution >= 0.6 is 0 Å². The fourth-order valence-electron chi connectivity index (χ4n) is 5.11. The Kier molecular flexibility index (Phi) is 11.4. The second-order valence-corrected chi connectivity index (χ2v) is 20.2. The molecule has 0 aliphatic heterocycles. The van der Waals surface area contributed by atoms with Crippen LogP contribution in [0.2, 0.25) is 33.2 Å². The normalized spacial score (nSPS) is 13.9. The molecule has 0 rings (SSSR count). The topological polar surface area (TPSA) is 14.1 Å². The van der Waals surface area contributed by atoms with Crippen molar-refractivity contribution >= 4 is 16.5 Å². The Morgan fingerprint density at radius 3 is 0.636 bits per heavy atom. The van der Waals surface area contributed by atoms with Gasteiger partial charge in [0.1, 0.15) is 0 Å². The molecular formula is C18H42NNaSi2. The summed E-state index contributed by atoms with van der Waals surface area (Å²) in [6, 6.07) is 0. The van der Waals surface area contributed by atoms with Crippen LogP contribution < -0.4 is 29.6 Å². The zero-order valence-electron chi connectivity index (χ0n) is 17.9. The van der Waals surface area contributed by atoms with Crippen molar-refractivity contribution < 1.29 is 29.6 Å². The van der Waals surface area contributed by atoms with Gasteiger partial charge in [-0.25, -0.2) is 0 Å². The largest absolute Gasteiger partial charge is 1.00 e. The Balaban J connectivity index is 0. The van der Waals surface area contributed by atoms with Crippen LogP contribution in [0.25, 0.3) is 4.65 Å². The maximum absolute atomic E-state index is 6.01. The molecule has 22 heavy (non-hydrogen) atoms. The van der Waals surface area contributed by atoms with Crippen LogP contribution in [-0.2, 0) is 0 Å². The minimum Gasteiger partial charge on any atom is -0.665 e. The van der Waals surface area contributed by atoms with Crippen molar-refractivity contribution in [2.75, 3.05) is 0 Å². The van der Waals surface area contributed by atoms with E-state index in [9.17, 15) is 0 Å². The van der Waals surface area contributed by atoms with Gasteiger partial charge in [0.2, 0.25) is 0 Å². The molecule has 0 aliphatic carbocycles. The molecule has 128 valence electrons. The average molecular weight is 352 g/mol. The maximum atomic E-state index is 6.01. The molecule has 0 heterocycles. The van der Waals surface area contributed by atoms with Crippen molar-refractivity contribution in [2.45, 2.75) is 116 Å². The molecule has 0 saturated carbocycles. The number of nitrogens with zero attached hydrogens (tertiary/aromatic N) is 1. The molecule has 0 aromatic rings. The van der Waals surface area contributed by atoms with Crippen molar-refractivity contribution in [2.24, 2.45) is 0 Å². The van der Waals surface area contributed by atoms with Gasteiger partial charge in [-0.3, -0.25) is 0 Å². The summed E-state index contributed by atoms with van der Waals surface area (Å²) in [7, 11) is -3.33. The molecule has 0 radical (unpaired) electrons. The van der Waals surface area contributed by atoms with Crippen LogP contribution in [0.4, 0.5) is 0 Å². The van der Waals surface area contributed by atoms with Crippen molar-refractivity contribution in [3.8, 4) is 0 Å². The Labute approximate surface area is 166 Å². The zero-order chi connectivity index (χ0) is 17.2. The summed E-state index contributed by atoms with van der Waals surface area (Å²) in [6.07, 6.45) is 0. The van der Waals surface area contributed by atoms with Crippen LogP contribution in [0.1, 0.15) is 83.1 Å². The Morgan fingerprint density at radius 1 is 0.409 bits per heavy atom. The van der Waals surface area contributed by atoms with E-state index in [0.717, 1.165) is 33.2 Å². The molecule has 0 atom stereocenters. The Hall–Kier alpha value is 1.39. The summed E-state index contributed by atoms with van der Waals surface area (Å²) in [6.45, 7) is 29.3. The molecule has 0 unspecified atom stereocenters. The van der Waals surface area contributed by atoms with E-state index in [0.29, 0.717) is 0 Å². The first-order valence-corrected chi connectivity index (χ1v) is 13.5. The first kappa shape index (κ1) is 25.6. The van der Waals surface area contributed by atoms with Gasteiger partial charge in [-0.1, -0.05) is 116 Å². The molecule has 0 spiro atoms. The fraction of sp³-hybridized carbons (Fsp3) is 1.00. The number of hydrogen-bond donors (Lipinski definition) is 0. The molecule has 0 N–H and O–H groups in total. The second-order valence-electron chi connectivity index (χ2n) is 8.81. The fourth-order valence-corrected chi connectivity index (χ4v) is 22.0. The molecule has 0 aromatic carbocycles. The predicted molar refractivity (Wildman–Crippen MR) is 105 cm³/mol. The average Bonchev–Trinajstić information content (AvgIpc) is 2.26. The van der Waals surface area contributed by atoms with E-state index in [4.69, 9.17) is 4.65 Å². The minimum atomic E-state index is -1.66. The van der Waals surface area contributed by atoms with Crippen molar-refractivity contribution in [1.29, 1.82) is 0 Å². The van der Waals surface area contributed by atoms with E-state index in [1.165, 1.54) is 0 Å². The van der Waals surface area contributed by atoms with Crippen LogP contribution in [0.5, 0.6) is 0 Å². The van der Waals surface area contributed by atoms with Crippen LogP contribution in [0.3, 0.4) is 0 Å². The summed E-state index contributed by atoms with van der Waals surface area (Å²) in [4.78, 5) is 0. The standard InChI is InChI=1S/C18H42NSi2.Na/c1-13(2)20(14(3)4,15(5)6)19-21(16(7)8,17(9)10)18(11)12;/h13-18H,1-12H3;/q-1;+1. The molecular weight excluding hydrogens is 309 g/mol. The first-order valence-electron chi connectivity index (χ1n) is 9.11. The van der Waals surface area contributed by atoms with Gasteiger partial charge in [0.05, 0.1) is 0 Å². The van der Waals surface area contributed by atoms with Gasteiger partial charge in [-0.15, -0.1) is 0 Å². The van der Waals surface area contributed by atoms with Crippen molar-refractivity contribution in [3.05, 3.63) is 4.65 Å². The van der Waals surface area contributed by atoms with Gasteiger partial charge < -0.3 is 4.65 Å². The van der Waals surface area contributed by atoms with Gasteiger partial charge in [0, 0.05) is 0 Å². The predicted octanol–water partition coefficient (Wildman–Crippen LogP) is 4.72. The summed E-state index contributed by atoms with van der Waals surface area (Å²) in [5.41, 5.74) is 4.42. The van der Waals surface area contributed by atoms with E-state index >= 15 is 0 Å². The molecule has 0 amide bonds.